The molecule has 2 fully saturated rings. The SMILES string of the molecule is O=CN1CCN(CCC(=O)N2CCN(c3ncccn3)CC2)CC1. The number of hydrogen-bond donors (Lipinski definition) is 0. The fourth-order valence-electron chi connectivity index (χ4n) is 3.11. The van der Waals surface area contributed by atoms with Gasteiger partial charge < -0.3 is 14.7 Å². The Morgan fingerprint density at radius 2 is 1.67 bits per heavy atom. The summed E-state index contributed by atoms with van der Waals surface area (Å²) in [6, 6.07) is 1.80. The Kier molecular flexibility index (Phi) is 5.58. The molecule has 0 bridgehead atoms. The van der Waals surface area contributed by atoms with Gasteiger partial charge in [-0.05, 0) is 6.07 Å². The van der Waals surface area contributed by atoms with Gasteiger partial charge in [-0.15, -0.1) is 0 Å². The van der Waals surface area contributed by atoms with Crippen molar-refractivity contribution in [2.75, 3.05) is 63.8 Å². The largest absolute Gasteiger partial charge is 0.343 e. The number of amides is 2. The van der Waals surface area contributed by atoms with Gasteiger partial charge in [0.2, 0.25) is 18.3 Å². The third-order valence-electron chi connectivity index (χ3n) is 4.67. The minimum absolute atomic E-state index is 0.210. The first kappa shape index (κ1) is 16.6. The number of anilines is 1. The van der Waals surface area contributed by atoms with Gasteiger partial charge in [0, 0.05) is 77.7 Å². The van der Waals surface area contributed by atoms with E-state index in [-0.39, 0.29) is 5.91 Å². The molecule has 0 aromatic carbocycles. The summed E-state index contributed by atoms with van der Waals surface area (Å²) in [5.41, 5.74) is 0. The fraction of sp³-hybridized carbons (Fsp3) is 0.625. The van der Waals surface area contributed by atoms with Gasteiger partial charge in [-0.3, -0.25) is 14.5 Å². The van der Waals surface area contributed by atoms with Crippen LogP contribution < -0.4 is 4.90 Å². The Morgan fingerprint density at radius 3 is 2.29 bits per heavy atom. The molecule has 1 aromatic heterocycles. The van der Waals surface area contributed by atoms with Crippen molar-refractivity contribution < 1.29 is 9.59 Å². The molecule has 8 heteroatoms. The van der Waals surface area contributed by atoms with Crippen LogP contribution in [0, 0.1) is 0 Å². The second kappa shape index (κ2) is 8.05. The van der Waals surface area contributed by atoms with Crippen LogP contribution in [-0.2, 0) is 9.59 Å². The summed E-state index contributed by atoms with van der Waals surface area (Å²) in [7, 11) is 0. The van der Waals surface area contributed by atoms with Gasteiger partial charge in [0.1, 0.15) is 0 Å². The predicted molar refractivity (Wildman–Crippen MR) is 89.5 cm³/mol. The molecule has 0 unspecified atom stereocenters. The van der Waals surface area contributed by atoms with E-state index in [1.165, 1.54) is 0 Å². The van der Waals surface area contributed by atoms with Gasteiger partial charge in [-0.2, -0.15) is 0 Å². The molecular formula is C16H24N6O2. The number of carbonyl (C=O) groups excluding carboxylic acids is 2. The highest BCUT2D eigenvalue weighted by Crippen LogP contribution is 2.11. The van der Waals surface area contributed by atoms with Crippen LogP contribution in [-0.4, -0.2) is 95.9 Å². The fourth-order valence-corrected chi connectivity index (χ4v) is 3.11. The van der Waals surface area contributed by atoms with Crippen LogP contribution in [0.5, 0.6) is 0 Å². The molecule has 0 saturated carbocycles. The second-order valence-corrected chi connectivity index (χ2v) is 6.15. The highest BCUT2D eigenvalue weighted by molar-refractivity contribution is 5.76. The quantitative estimate of drug-likeness (QED) is 0.663. The minimum Gasteiger partial charge on any atom is -0.343 e. The molecule has 0 spiro atoms. The zero-order valence-electron chi connectivity index (χ0n) is 13.9. The summed E-state index contributed by atoms with van der Waals surface area (Å²) in [6.45, 7) is 6.97. The van der Waals surface area contributed by atoms with Gasteiger partial charge >= 0.3 is 0 Å². The normalized spacial score (nSPS) is 19.4. The molecule has 24 heavy (non-hydrogen) atoms. The second-order valence-electron chi connectivity index (χ2n) is 6.15. The molecular weight excluding hydrogens is 308 g/mol. The highest BCUT2D eigenvalue weighted by Gasteiger charge is 2.23. The number of rotatable bonds is 5. The Labute approximate surface area is 142 Å². The third-order valence-corrected chi connectivity index (χ3v) is 4.67. The van der Waals surface area contributed by atoms with Crippen molar-refractivity contribution >= 4 is 18.3 Å². The Balaban J connectivity index is 1.39. The Hall–Kier alpha value is -2.22. The van der Waals surface area contributed by atoms with Crippen molar-refractivity contribution in [3.8, 4) is 0 Å². The molecule has 2 aliphatic rings. The van der Waals surface area contributed by atoms with E-state index in [1.54, 1.807) is 23.4 Å². The van der Waals surface area contributed by atoms with Crippen molar-refractivity contribution in [1.29, 1.82) is 0 Å². The van der Waals surface area contributed by atoms with E-state index in [0.717, 1.165) is 71.3 Å². The Morgan fingerprint density at radius 1 is 1.00 bits per heavy atom. The molecule has 130 valence electrons. The molecule has 1 aromatic rings. The molecule has 3 rings (SSSR count). The summed E-state index contributed by atoms with van der Waals surface area (Å²) < 4.78 is 0. The standard InChI is InChI=1S/C16H24N6O2/c23-14-20-8-6-19(7-9-20)5-2-15(24)21-10-12-22(13-11-21)16-17-3-1-4-18-16/h1,3-4,14H,2,5-13H2. The number of aromatic nitrogens is 2. The average molecular weight is 332 g/mol. The van der Waals surface area contributed by atoms with E-state index >= 15 is 0 Å². The van der Waals surface area contributed by atoms with E-state index in [9.17, 15) is 9.59 Å². The summed E-state index contributed by atoms with van der Waals surface area (Å²) in [6.07, 6.45) is 4.93. The molecule has 3 heterocycles. The average Bonchev–Trinajstić information content (AvgIpc) is 2.67. The van der Waals surface area contributed by atoms with Crippen LogP contribution in [0.4, 0.5) is 5.95 Å². The van der Waals surface area contributed by atoms with Crippen molar-refractivity contribution in [3.63, 3.8) is 0 Å². The van der Waals surface area contributed by atoms with E-state index in [0.29, 0.717) is 6.42 Å². The van der Waals surface area contributed by atoms with Crippen molar-refractivity contribution in [2.24, 2.45) is 0 Å². The molecule has 2 amide bonds. The van der Waals surface area contributed by atoms with Gasteiger partial charge in [-0.25, -0.2) is 9.97 Å². The van der Waals surface area contributed by atoms with Gasteiger partial charge in [0.05, 0.1) is 0 Å². The zero-order valence-corrected chi connectivity index (χ0v) is 13.9. The van der Waals surface area contributed by atoms with E-state index < -0.39 is 0 Å². The monoisotopic (exact) mass is 332 g/mol. The van der Waals surface area contributed by atoms with E-state index in [4.69, 9.17) is 0 Å². The summed E-state index contributed by atoms with van der Waals surface area (Å²) in [5.74, 6) is 0.944. The van der Waals surface area contributed by atoms with Gasteiger partial charge in [0.15, 0.2) is 0 Å². The smallest absolute Gasteiger partial charge is 0.225 e. The first-order valence-electron chi connectivity index (χ1n) is 8.48. The van der Waals surface area contributed by atoms with Gasteiger partial charge in [0.25, 0.3) is 0 Å². The summed E-state index contributed by atoms with van der Waals surface area (Å²) in [5, 5.41) is 0. The Bertz CT molecular complexity index is 539. The maximum atomic E-state index is 12.4. The summed E-state index contributed by atoms with van der Waals surface area (Å²) >= 11 is 0. The predicted octanol–water partition coefficient (Wildman–Crippen LogP) is -0.711. The zero-order chi connectivity index (χ0) is 16.8. The maximum absolute atomic E-state index is 12.4. The van der Waals surface area contributed by atoms with Crippen molar-refractivity contribution in [3.05, 3.63) is 18.5 Å². The molecule has 0 N–H and O–H groups in total. The number of nitrogens with zero attached hydrogens (tertiary/aromatic N) is 6. The molecule has 0 atom stereocenters. The van der Waals surface area contributed by atoms with Crippen LogP contribution in [0.3, 0.4) is 0 Å². The number of piperazine rings is 2. The van der Waals surface area contributed by atoms with Crippen LogP contribution in [0.15, 0.2) is 18.5 Å². The lowest BCUT2D eigenvalue weighted by molar-refractivity contribution is -0.132. The molecule has 2 saturated heterocycles. The number of hydrogen-bond acceptors (Lipinski definition) is 6. The minimum atomic E-state index is 0.210. The molecule has 8 nitrogen and oxygen atoms in total. The van der Waals surface area contributed by atoms with E-state index in [1.807, 2.05) is 4.90 Å². The summed E-state index contributed by atoms with van der Waals surface area (Å²) in [4.78, 5) is 39.7. The van der Waals surface area contributed by atoms with Gasteiger partial charge in [-0.1, -0.05) is 0 Å². The van der Waals surface area contributed by atoms with Crippen LogP contribution in [0.2, 0.25) is 0 Å². The molecule has 0 aliphatic carbocycles. The third kappa shape index (κ3) is 4.19. The number of carbonyl (C=O) groups is 2. The van der Waals surface area contributed by atoms with Crippen molar-refractivity contribution in [1.82, 2.24) is 24.7 Å². The van der Waals surface area contributed by atoms with Crippen LogP contribution in [0.1, 0.15) is 6.42 Å². The van der Waals surface area contributed by atoms with Crippen molar-refractivity contribution in [2.45, 2.75) is 6.42 Å². The maximum Gasteiger partial charge on any atom is 0.225 e. The molecule has 0 radical (unpaired) electrons. The topological polar surface area (TPSA) is 72.9 Å². The lowest BCUT2D eigenvalue weighted by atomic mass is 10.2. The lowest BCUT2D eigenvalue weighted by Gasteiger charge is -2.36. The molecule has 2 aliphatic heterocycles. The first-order chi connectivity index (χ1) is 11.8. The lowest BCUT2D eigenvalue weighted by Crippen LogP contribution is -2.50. The van der Waals surface area contributed by atoms with E-state index in [2.05, 4.69) is 19.8 Å². The van der Waals surface area contributed by atoms with Crippen LogP contribution >= 0.6 is 0 Å². The first-order valence-corrected chi connectivity index (χ1v) is 8.48. The highest BCUT2D eigenvalue weighted by atomic mass is 16.2. The van der Waals surface area contributed by atoms with Crippen LogP contribution in [0.25, 0.3) is 0 Å².